The van der Waals surface area contributed by atoms with E-state index in [1.165, 1.54) is 0 Å². The summed E-state index contributed by atoms with van der Waals surface area (Å²) < 4.78 is 5.06. The van der Waals surface area contributed by atoms with Crippen molar-refractivity contribution in [3.8, 4) is 5.75 Å². The van der Waals surface area contributed by atoms with Gasteiger partial charge in [0.15, 0.2) is 0 Å². The Bertz CT molecular complexity index is 404. The molecule has 0 radical (unpaired) electrons. The summed E-state index contributed by atoms with van der Waals surface area (Å²) in [6, 6.07) is 6.77. The van der Waals surface area contributed by atoms with E-state index in [0.717, 1.165) is 5.56 Å². The minimum atomic E-state index is -0.334. The van der Waals surface area contributed by atoms with Crippen molar-refractivity contribution >= 4 is 5.97 Å². The van der Waals surface area contributed by atoms with Gasteiger partial charge in [0.1, 0.15) is 11.8 Å². The van der Waals surface area contributed by atoms with Crippen LogP contribution < -0.4 is 5.32 Å². The molecule has 106 valence electrons. The Balaban J connectivity index is 2.62. The van der Waals surface area contributed by atoms with Crippen LogP contribution in [0.1, 0.15) is 32.8 Å². The SMILES string of the molecule is CCOC(=O)C(CC(C)C)NCc1ccccc1O. The number of para-hydroxylation sites is 1. The molecule has 1 aromatic rings. The molecule has 1 atom stereocenters. The molecule has 0 fully saturated rings. The summed E-state index contributed by atoms with van der Waals surface area (Å²) in [5.41, 5.74) is 0.778. The van der Waals surface area contributed by atoms with Gasteiger partial charge in [-0.1, -0.05) is 32.0 Å². The van der Waals surface area contributed by atoms with E-state index in [0.29, 0.717) is 25.5 Å². The highest BCUT2D eigenvalue weighted by atomic mass is 16.5. The third kappa shape index (κ3) is 5.30. The molecule has 0 spiro atoms. The first-order chi connectivity index (χ1) is 9.04. The first kappa shape index (κ1) is 15.5. The molecule has 4 nitrogen and oxygen atoms in total. The topological polar surface area (TPSA) is 58.6 Å². The fourth-order valence-corrected chi connectivity index (χ4v) is 1.87. The zero-order valence-electron chi connectivity index (χ0n) is 11.8. The molecule has 0 bridgehead atoms. The molecule has 0 aliphatic heterocycles. The molecule has 1 aromatic carbocycles. The number of carbonyl (C=O) groups excluding carboxylic acids is 1. The number of esters is 1. The molecule has 19 heavy (non-hydrogen) atoms. The predicted molar refractivity (Wildman–Crippen MR) is 74.8 cm³/mol. The van der Waals surface area contributed by atoms with E-state index in [1.54, 1.807) is 19.1 Å². The number of aromatic hydroxyl groups is 1. The van der Waals surface area contributed by atoms with Gasteiger partial charge in [0, 0.05) is 12.1 Å². The minimum Gasteiger partial charge on any atom is -0.508 e. The number of carbonyl (C=O) groups is 1. The van der Waals surface area contributed by atoms with E-state index in [4.69, 9.17) is 4.74 Å². The molecular weight excluding hydrogens is 242 g/mol. The van der Waals surface area contributed by atoms with Crippen LogP contribution >= 0.6 is 0 Å². The zero-order valence-corrected chi connectivity index (χ0v) is 11.8. The second kappa shape index (κ2) is 7.79. The molecule has 1 rings (SSSR count). The monoisotopic (exact) mass is 265 g/mol. The highest BCUT2D eigenvalue weighted by Gasteiger charge is 2.20. The Hall–Kier alpha value is -1.55. The van der Waals surface area contributed by atoms with Crippen molar-refractivity contribution in [3.63, 3.8) is 0 Å². The van der Waals surface area contributed by atoms with Crippen molar-refractivity contribution in [2.45, 2.75) is 39.8 Å². The van der Waals surface area contributed by atoms with Crippen molar-refractivity contribution in [1.29, 1.82) is 0 Å². The van der Waals surface area contributed by atoms with Gasteiger partial charge in [-0.3, -0.25) is 4.79 Å². The molecule has 0 saturated carbocycles. The van der Waals surface area contributed by atoms with Gasteiger partial charge >= 0.3 is 5.97 Å². The Morgan fingerprint density at radius 2 is 2.05 bits per heavy atom. The lowest BCUT2D eigenvalue weighted by molar-refractivity contribution is -0.146. The molecule has 2 N–H and O–H groups in total. The standard InChI is InChI=1S/C15H23NO3/c1-4-19-15(18)13(9-11(2)3)16-10-12-7-5-6-8-14(12)17/h5-8,11,13,16-17H,4,9-10H2,1-3H3. The number of rotatable bonds is 7. The normalized spacial score (nSPS) is 12.4. The number of hydrogen-bond acceptors (Lipinski definition) is 4. The summed E-state index contributed by atoms with van der Waals surface area (Å²) in [5.74, 6) is 0.403. The third-order valence-corrected chi connectivity index (χ3v) is 2.81. The molecule has 0 saturated heterocycles. The molecule has 0 amide bonds. The Kier molecular flexibility index (Phi) is 6.36. The zero-order chi connectivity index (χ0) is 14.3. The van der Waals surface area contributed by atoms with Crippen molar-refractivity contribution in [3.05, 3.63) is 29.8 Å². The largest absolute Gasteiger partial charge is 0.508 e. The number of ether oxygens (including phenoxy) is 1. The van der Waals surface area contributed by atoms with Crippen LogP contribution in [0.2, 0.25) is 0 Å². The molecule has 1 unspecified atom stereocenters. The molecular formula is C15H23NO3. The van der Waals surface area contributed by atoms with E-state index < -0.39 is 0 Å². The molecule has 0 aliphatic rings. The first-order valence-corrected chi connectivity index (χ1v) is 6.71. The molecule has 0 aliphatic carbocycles. The minimum absolute atomic E-state index is 0.230. The van der Waals surface area contributed by atoms with Crippen LogP contribution in [0, 0.1) is 5.92 Å². The van der Waals surface area contributed by atoms with Crippen LogP contribution in [0.15, 0.2) is 24.3 Å². The average molecular weight is 265 g/mol. The van der Waals surface area contributed by atoms with Crippen LogP contribution in [0.5, 0.6) is 5.75 Å². The van der Waals surface area contributed by atoms with Gasteiger partial charge in [-0.2, -0.15) is 0 Å². The number of hydrogen-bond donors (Lipinski definition) is 2. The van der Waals surface area contributed by atoms with Crippen LogP contribution in [0.4, 0.5) is 0 Å². The van der Waals surface area contributed by atoms with E-state index in [9.17, 15) is 9.90 Å². The van der Waals surface area contributed by atoms with Gasteiger partial charge < -0.3 is 15.2 Å². The lowest BCUT2D eigenvalue weighted by Gasteiger charge is -2.19. The number of phenolic OH excluding ortho intramolecular Hbond substituents is 1. The highest BCUT2D eigenvalue weighted by Crippen LogP contribution is 2.16. The van der Waals surface area contributed by atoms with Gasteiger partial charge in [0.2, 0.25) is 0 Å². The maximum atomic E-state index is 11.8. The summed E-state index contributed by atoms with van der Waals surface area (Å²) in [4.78, 5) is 11.8. The maximum absolute atomic E-state index is 11.8. The van der Waals surface area contributed by atoms with Gasteiger partial charge in [-0.25, -0.2) is 0 Å². The summed E-state index contributed by atoms with van der Waals surface area (Å²) in [6.07, 6.45) is 0.715. The van der Waals surface area contributed by atoms with Crippen LogP contribution in [0.25, 0.3) is 0 Å². The predicted octanol–water partition coefficient (Wildman–Crippen LogP) is 2.46. The van der Waals surface area contributed by atoms with Crippen molar-refractivity contribution in [2.24, 2.45) is 5.92 Å². The maximum Gasteiger partial charge on any atom is 0.323 e. The van der Waals surface area contributed by atoms with Gasteiger partial charge in [-0.15, -0.1) is 0 Å². The van der Waals surface area contributed by atoms with Gasteiger partial charge in [-0.05, 0) is 25.3 Å². The molecule has 4 heteroatoms. The summed E-state index contributed by atoms with van der Waals surface area (Å²) >= 11 is 0. The Morgan fingerprint density at radius 3 is 2.63 bits per heavy atom. The number of benzene rings is 1. The quantitative estimate of drug-likeness (QED) is 0.744. The van der Waals surface area contributed by atoms with E-state index >= 15 is 0 Å². The second-order valence-corrected chi connectivity index (χ2v) is 4.94. The summed E-state index contributed by atoms with van der Waals surface area (Å²) in [5, 5.41) is 12.8. The molecule has 0 heterocycles. The van der Waals surface area contributed by atoms with Crippen molar-refractivity contribution in [1.82, 2.24) is 5.32 Å². The molecule has 0 aromatic heterocycles. The van der Waals surface area contributed by atoms with Crippen LogP contribution in [-0.2, 0) is 16.1 Å². The Labute approximate surface area is 114 Å². The van der Waals surface area contributed by atoms with Crippen LogP contribution in [0.3, 0.4) is 0 Å². The van der Waals surface area contributed by atoms with Gasteiger partial charge in [0.05, 0.1) is 6.61 Å². The summed E-state index contributed by atoms with van der Waals surface area (Å²) in [7, 11) is 0. The van der Waals surface area contributed by atoms with E-state index in [2.05, 4.69) is 19.2 Å². The third-order valence-electron chi connectivity index (χ3n) is 2.81. The van der Waals surface area contributed by atoms with E-state index in [1.807, 2.05) is 12.1 Å². The first-order valence-electron chi connectivity index (χ1n) is 6.71. The fraction of sp³-hybridized carbons (Fsp3) is 0.533. The second-order valence-electron chi connectivity index (χ2n) is 4.94. The lowest BCUT2D eigenvalue weighted by atomic mass is 10.0. The Morgan fingerprint density at radius 1 is 1.37 bits per heavy atom. The van der Waals surface area contributed by atoms with E-state index in [-0.39, 0.29) is 17.8 Å². The average Bonchev–Trinajstić information content (AvgIpc) is 2.36. The van der Waals surface area contributed by atoms with Crippen molar-refractivity contribution < 1.29 is 14.6 Å². The number of nitrogens with one attached hydrogen (secondary N) is 1. The lowest BCUT2D eigenvalue weighted by Crippen LogP contribution is -2.38. The van der Waals surface area contributed by atoms with Crippen LogP contribution in [-0.4, -0.2) is 23.7 Å². The van der Waals surface area contributed by atoms with Gasteiger partial charge in [0.25, 0.3) is 0 Å². The highest BCUT2D eigenvalue weighted by molar-refractivity contribution is 5.75. The smallest absolute Gasteiger partial charge is 0.323 e. The summed E-state index contributed by atoms with van der Waals surface area (Å²) in [6.45, 7) is 6.75. The fourth-order valence-electron chi connectivity index (χ4n) is 1.87. The number of phenols is 1. The van der Waals surface area contributed by atoms with Crippen molar-refractivity contribution in [2.75, 3.05) is 6.61 Å².